The molecule has 0 aromatic heterocycles. The molecule has 2 rings (SSSR count). The van der Waals surface area contributed by atoms with Gasteiger partial charge in [-0.25, -0.2) is 0 Å². The fraction of sp³-hybridized carbons (Fsp3) is 0.235. The third-order valence-corrected chi connectivity index (χ3v) is 3.17. The highest BCUT2D eigenvalue weighted by Crippen LogP contribution is 2.26. The summed E-state index contributed by atoms with van der Waals surface area (Å²) >= 11 is 0. The number of carbonyl (C=O) groups is 1. The minimum Gasteiger partial charge on any atom is -0.489 e. The van der Waals surface area contributed by atoms with Crippen LogP contribution in [0.5, 0.6) is 5.75 Å². The quantitative estimate of drug-likeness (QED) is 0.456. The number of para-hydroxylation sites is 3. The SMILES string of the molecule is CCOCCOc1ccccc1NC(=O)c1ccccc1[N+](=O)[O-]. The first-order valence-corrected chi connectivity index (χ1v) is 7.47. The predicted octanol–water partition coefficient (Wildman–Crippen LogP) is 3.26. The van der Waals surface area contributed by atoms with Crippen molar-refractivity contribution in [1.82, 2.24) is 0 Å². The van der Waals surface area contributed by atoms with E-state index in [9.17, 15) is 14.9 Å². The second-order valence-corrected chi connectivity index (χ2v) is 4.77. The molecule has 0 spiro atoms. The van der Waals surface area contributed by atoms with Crippen LogP contribution < -0.4 is 10.1 Å². The summed E-state index contributed by atoms with van der Waals surface area (Å²) in [4.78, 5) is 22.8. The first-order chi connectivity index (χ1) is 11.6. The Bertz CT molecular complexity index is 718. The van der Waals surface area contributed by atoms with Crippen molar-refractivity contribution >= 4 is 17.3 Å². The predicted molar refractivity (Wildman–Crippen MR) is 89.5 cm³/mol. The Labute approximate surface area is 139 Å². The molecule has 0 saturated carbocycles. The van der Waals surface area contributed by atoms with Crippen molar-refractivity contribution in [2.24, 2.45) is 0 Å². The van der Waals surface area contributed by atoms with Crippen molar-refractivity contribution in [3.8, 4) is 5.75 Å². The molecule has 7 heteroatoms. The van der Waals surface area contributed by atoms with Gasteiger partial charge in [-0.3, -0.25) is 14.9 Å². The molecule has 7 nitrogen and oxygen atoms in total. The minimum atomic E-state index is -0.584. The maximum atomic E-state index is 12.4. The first-order valence-electron chi connectivity index (χ1n) is 7.47. The van der Waals surface area contributed by atoms with Crippen molar-refractivity contribution < 1.29 is 19.2 Å². The molecule has 0 heterocycles. The van der Waals surface area contributed by atoms with Crippen molar-refractivity contribution in [3.05, 3.63) is 64.2 Å². The molecule has 0 bridgehead atoms. The van der Waals surface area contributed by atoms with Crippen LogP contribution in [-0.4, -0.2) is 30.7 Å². The Morgan fingerprint density at radius 3 is 2.58 bits per heavy atom. The van der Waals surface area contributed by atoms with E-state index in [1.165, 1.54) is 18.2 Å². The van der Waals surface area contributed by atoms with E-state index in [2.05, 4.69) is 5.32 Å². The molecule has 24 heavy (non-hydrogen) atoms. The number of benzene rings is 2. The highest BCUT2D eigenvalue weighted by atomic mass is 16.6. The number of nitrogens with one attached hydrogen (secondary N) is 1. The number of nitro groups is 1. The van der Waals surface area contributed by atoms with Crippen LogP contribution in [0.3, 0.4) is 0 Å². The maximum absolute atomic E-state index is 12.4. The number of nitrogens with zero attached hydrogens (tertiary/aromatic N) is 1. The third-order valence-electron chi connectivity index (χ3n) is 3.17. The molecule has 0 radical (unpaired) electrons. The van der Waals surface area contributed by atoms with Gasteiger partial charge in [-0.1, -0.05) is 24.3 Å². The lowest BCUT2D eigenvalue weighted by molar-refractivity contribution is -0.385. The Morgan fingerprint density at radius 2 is 1.83 bits per heavy atom. The fourth-order valence-electron chi connectivity index (χ4n) is 2.07. The molecule has 0 saturated heterocycles. The summed E-state index contributed by atoms with van der Waals surface area (Å²) in [6, 6.07) is 12.7. The summed E-state index contributed by atoms with van der Waals surface area (Å²) < 4.78 is 10.8. The standard InChI is InChI=1S/C17H18N2O5/c1-2-23-11-12-24-16-10-6-4-8-14(16)18-17(20)13-7-3-5-9-15(13)19(21)22/h3-10H,2,11-12H2,1H3,(H,18,20). The summed E-state index contributed by atoms with van der Waals surface area (Å²) in [5.74, 6) is -0.0905. The zero-order valence-electron chi connectivity index (χ0n) is 13.2. The zero-order valence-corrected chi connectivity index (χ0v) is 13.2. The Morgan fingerprint density at radius 1 is 1.12 bits per heavy atom. The highest BCUT2D eigenvalue weighted by Gasteiger charge is 2.20. The summed E-state index contributed by atoms with van der Waals surface area (Å²) in [6.07, 6.45) is 0. The average Bonchev–Trinajstić information content (AvgIpc) is 2.60. The van der Waals surface area contributed by atoms with Gasteiger partial charge in [0.15, 0.2) is 0 Å². The number of nitro benzene ring substituents is 1. The van der Waals surface area contributed by atoms with Gasteiger partial charge in [0, 0.05) is 12.7 Å². The van der Waals surface area contributed by atoms with Crippen molar-refractivity contribution in [2.75, 3.05) is 25.1 Å². The topological polar surface area (TPSA) is 90.7 Å². The van der Waals surface area contributed by atoms with Gasteiger partial charge < -0.3 is 14.8 Å². The third kappa shape index (κ3) is 4.53. The molecule has 0 unspecified atom stereocenters. The van der Waals surface area contributed by atoms with Gasteiger partial charge in [0.25, 0.3) is 11.6 Å². The van der Waals surface area contributed by atoms with Gasteiger partial charge in [-0.15, -0.1) is 0 Å². The van der Waals surface area contributed by atoms with E-state index in [0.717, 1.165) is 0 Å². The molecule has 0 atom stereocenters. The van der Waals surface area contributed by atoms with Gasteiger partial charge in [0.1, 0.15) is 17.9 Å². The number of carbonyl (C=O) groups excluding carboxylic acids is 1. The van der Waals surface area contributed by atoms with Crippen LogP contribution in [0.25, 0.3) is 0 Å². The van der Waals surface area contributed by atoms with Crippen molar-refractivity contribution in [1.29, 1.82) is 0 Å². The normalized spacial score (nSPS) is 10.2. The molecule has 2 aromatic carbocycles. The van der Waals surface area contributed by atoms with E-state index >= 15 is 0 Å². The Hall–Kier alpha value is -2.93. The lowest BCUT2D eigenvalue weighted by Crippen LogP contribution is -2.15. The van der Waals surface area contributed by atoms with Crippen LogP contribution in [0.15, 0.2) is 48.5 Å². The van der Waals surface area contributed by atoms with Crippen LogP contribution in [0.4, 0.5) is 11.4 Å². The van der Waals surface area contributed by atoms with Gasteiger partial charge in [-0.05, 0) is 25.1 Å². The molecular weight excluding hydrogens is 312 g/mol. The summed E-state index contributed by atoms with van der Waals surface area (Å²) in [7, 11) is 0. The summed E-state index contributed by atoms with van der Waals surface area (Å²) in [5, 5.41) is 13.7. The van der Waals surface area contributed by atoms with Gasteiger partial charge in [-0.2, -0.15) is 0 Å². The van der Waals surface area contributed by atoms with Crippen LogP contribution >= 0.6 is 0 Å². The summed E-state index contributed by atoms with van der Waals surface area (Å²) in [6.45, 7) is 3.26. The second kappa shape index (κ2) is 8.64. The van der Waals surface area contributed by atoms with E-state index in [-0.39, 0.29) is 11.3 Å². The van der Waals surface area contributed by atoms with Crippen LogP contribution in [0.2, 0.25) is 0 Å². The molecule has 2 aromatic rings. The minimum absolute atomic E-state index is 0.00776. The molecule has 0 aliphatic rings. The van der Waals surface area contributed by atoms with E-state index in [0.29, 0.717) is 31.3 Å². The zero-order chi connectivity index (χ0) is 17.4. The van der Waals surface area contributed by atoms with E-state index in [1.807, 2.05) is 6.92 Å². The molecule has 0 fully saturated rings. The average molecular weight is 330 g/mol. The number of hydrogen-bond donors (Lipinski definition) is 1. The summed E-state index contributed by atoms with van der Waals surface area (Å²) in [5.41, 5.74) is 0.188. The van der Waals surface area contributed by atoms with Crippen molar-refractivity contribution in [2.45, 2.75) is 6.92 Å². The van der Waals surface area contributed by atoms with Crippen molar-refractivity contribution in [3.63, 3.8) is 0 Å². The maximum Gasteiger partial charge on any atom is 0.282 e. The number of rotatable bonds is 8. The lowest BCUT2D eigenvalue weighted by atomic mass is 10.1. The van der Waals surface area contributed by atoms with Crippen LogP contribution in [0.1, 0.15) is 17.3 Å². The highest BCUT2D eigenvalue weighted by molar-refractivity contribution is 6.07. The molecule has 0 aliphatic carbocycles. The molecule has 126 valence electrons. The largest absolute Gasteiger partial charge is 0.489 e. The monoisotopic (exact) mass is 330 g/mol. The molecule has 1 N–H and O–H groups in total. The number of anilines is 1. The van der Waals surface area contributed by atoms with Gasteiger partial charge in [0.05, 0.1) is 17.2 Å². The number of amides is 1. The molecular formula is C17H18N2O5. The number of hydrogen-bond acceptors (Lipinski definition) is 5. The smallest absolute Gasteiger partial charge is 0.282 e. The van der Waals surface area contributed by atoms with Crippen LogP contribution in [-0.2, 0) is 4.74 Å². The van der Waals surface area contributed by atoms with Gasteiger partial charge in [0.2, 0.25) is 0 Å². The van der Waals surface area contributed by atoms with E-state index in [1.54, 1.807) is 30.3 Å². The van der Waals surface area contributed by atoms with Gasteiger partial charge >= 0.3 is 0 Å². The lowest BCUT2D eigenvalue weighted by Gasteiger charge is -2.12. The Balaban J connectivity index is 2.13. The van der Waals surface area contributed by atoms with E-state index < -0.39 is 10.8 Å². The number of ether oxygens (including phenoxy) is 2. The first kappa shape index (κ1) is 17.4. The molecule has 1 amide bonds. The Kier molecular flexibility index (Phi) is 6.27. The molecule has 0 aliphatic heterocycles. The van der Waals surface area contributed by atoms with Crippen LogP contribution in [0, 0.1) is 10.1 Å². The fourth-order valence-corrected chi connectivity index (χ4v) is 2.07. The van der Waals surface area contributed by atoms with E-state index in [4.69, 9.17) is 9.47 Å². The second-order valence-electron chi connectivity index (χ2n) is 4.77.